The number of allylic oxidation sites excluding steroid dienone is 1. The van der Waals surface area contributed by atoms with E-state index in [1.165, 1.54) is 29.0 Å². The summed E-state index contributed by atoms with van der Waals surface area (Å²) >= 11 is 1.40. The zero-order chi connectivity index (χ0) is 29.8. The molecule has 0 saturated heterocycles. The number of fused-ring (bicyclic) bond motifs is 3. The number of hydrogen-bond acceptors (Lipinski definition) is 6. The molecule has 0 bridgehead atoms. The molecule has 43 heavy (non-hydrogen) atoms. The predicted molar refractivity (Wildman–Crippen MR) is 168 cm³/mol. The van der Waals surface area contributed by atoms with Crippen LogP contribution in [0.5, 0.6) is 5.75 Å². The molecule has 0 radical (unpaired) electrons. The number of non-ortho nitro benzene ring substituents is 1. The van der Waals surface area contributed by atoms with Crippen LogP contribution in [-0.4, -0.2) is 21.2 Å². The molecule has 0 unspecified atom stereocenters. The fourth-order valence-electron chi connectivity index (χ4n) is 6.30. The van der Waals surface area contributed by atoms with Gasteiger partial charge in [0.15, 0.2) is 4.80 Å². The van der Waals surface area contributed by atoms with E-state index < -0.39 is 4.92 Å². The smallest absolute Gasteiger partial charge is 0.271 e. The van der Waals surface area contributed by atoms with Crippen LogP contribution in [0.1, 0.15) is 46.1 Å². The van der Waals surface area contributed by atoms with Crippen LogP contribution >= 0.6 is 11.3 Å². The summed E-state index contributed by atoms with van der Waals surface area (Å²) in [5.41, 5.74) is 9.16. The van der Waals surface area contributed by atoms with Crippen LogP contribution in [0, 0.1) is 24.0 Å². The molecule has 1 aliphatic heterocycles. The van der Waals surface area contributed by atoms with E-state index in [0.29, 0.717) is 9.33 Å². The van der Waals surface area contributed by atoms with E-state index in [-0.39, 0.29) is 17.3 Å². The van der Waals surface area contributed by atoms with Crippen LogP contribution in [-0.2, 0) is 6.42 Å². The van der Waals surface area contributed by atoms with E-state index in [0.717, 1.165) is 63.6 Å². The first-order valence-electron chi connectivity index (χ1n) is 14.0. The molecule has 0 N–H and O–H groups in total. The molecule has 8 nitrogen and oxygen atoms in total. The molecular formula is C34H28N4O4S. The molecule has 0 spiro atoms. The summed E-state index contributed by atoms with van der Waals surface area (Å²) in [5.74, 6) is 0.766. The Morgan fingerprint density at radius 1 is 1.02 bits per heavy atom. The minimum Gasteiger partial charge on any atom is -0.497 e. The Hall–Kier alpha value is -5.02. The molecule has 9 heteroatoms. The lowest BCUT2D eigenvalue weighted by molar-refractivity contribution is -0.384. The molecule has 0 amide bonds. The summed E-state index contributed by atoms with van der Waals surface area (Å²) in [6, 6.07) is 24.6. The SMILES string of the molecule is COc1ccc([C@@H]2C3=C(N=c4s/c(=C/c5cc(C)n(-c6ccc([N+](=O)[O-])cc6)c5C)c(=O)n42)c2ccccc2CC3)cc1. The second kappa shape index (κ2) is 10.4. The highest BCUT2D eigenvalue weighted by atomic mass is 32.1. The maximum Gasteiger partial charge on any atom is 0.271 e. The van der Waals surface area contributed by atoms with E-state index in [9.17, 15) is 14.9 Å². The number of nitro groups is 1. The van der Waals surface area contributed by atoms with Crippen molar-refractivity contribution >= 4 is 28.8 Å². The van der Waals surface area contributed by atoms with Crippen LogP contribution in [0.4, 0.5) is 5.69 Å². The van der Waals surface area contributed by atoms with E-state index in [2.05, 4.69) is 18.2 Å². The number of benzene rings is 3. The normalized spacial score (nSPS) is 15.9. The molecule has 2 aromatic heterocycles. The standard InChI is InChI=1S/C34H28N4O4S/c1-20-18-24(21(2)36(20)25-11-13-26(14-12-25)38(40)41)19-30-33(39)37-32(23-8-15-27(42-3)16-9-23)29-17-10-22-6-4-5-7-28(22)31(29)35-34(37)43-30/h4-9,11-16,18-19,32H,10,17H2,1-3H3/b30-19+/t32-/m1/s1. The molecule has 3 aromatic carbocycles. The zero-order valence-electron chi connectivity index (χ0n) is 23.9. The lowest BCUT2D eigenvalue weighted by atomic mass is 9.83. The summed E-state index contributed by atoms with van der Waals surface area (Å²) in [7, 11) is 1.65. The van der Waals surface area contributed by atoms with Crippen molar-refractivity contribution in [3.05, 3.63) is 148 Å². The van der Waals surface area contributed by atoms with Crippen molar-refractivity contribution in [3.8, 4) is 11.4 Å². The van der Waals surface area contributed by atoms with Gasteiger partial charge in [-0.3, -0.25) is 19.5 Å². The third-order valence-corrected chi connectivity index (χ3v) is 9.36. The largest absolute Gasteiger partial charge is 0.497 e. The number of nitro benzene ring substituents is 1. The molecule has 0 fully saturated rings. The maximum atomic E-state index is 14.2. The fourth-order valence-corrected chi connectivity index (χ4v) is 7.30. The van der Waals surface area contributed by atoms with Gasteiger partial charge in [-0.2, -0.15) is 0 Å². The predicted octanol–water partition coefficient (Wildman–Crippen LogP) is 5.64. The van der Waals surface area contributed by atoms with E-state index in [1.807, 2.05) is 65.5 Å². The van der Waals surface area contributed by atoms with Crippen molar-refractivity contribution in [1.82, 2.24) is 9.13 Å². The van der Waals surface area contributed by atoms with E-state index in [1.54, 1.807) is 19.2 Å². The number of ether oxygens (including phenoxy) is 1. The van der Waals surface area contributed by atoms with Gasteiger partial charge in [0.25, 0.3) is 11.2 Å². The third kappa shape index (κ3) is 4.44. The van der Waals surface area contributed by atoms with Gasteiger partial charge in [0.05, 0.1) is 28.3 Å². The second-order valence-electron chi connectivity index (χ2n) is 10.8. The molecule has 1 aliphatic carbocycles. The number of hydrogen-bond donors (Lipinski definition) is 0. The van der Waals surface area contributed by atoms with Gasteiger partial charge >= 0.3 is 0 Å². The molecule has 5 aromatic rings. The van der Waals surface area contributed by atoms with Crippen LogP contribution in [0.15, 0.2) is 94.2 Å². The second-order valence-corrected chi connectivity index (χ2v) is 11.8. The summed E-state index contributed by atoms with van der Waals surface area (Å²) < 4.78 is 9.91. The summed E-state index contributed by atoms with van der Waals surface area (Å²) in [6.07, 6.45) is 3.67. The highest BCUT2D eigenvalue weighted by molar-refractivity contribution is 7.07. The Bertz CT molecular complexity index is 2130. The van der Waals surface area contributed by atoms with Crippen molar-refractivity contribution in [2.24, 2.45) is 4.99 Å². The number of rotatable bonds is 5. The Kier molecular flexibility index (Phi) is 6.47. The molecule has 7 rings (SSSR count). The summed E-state index contributed by atoms with van der Waals surface area (Å²) in [6.45, 7) is 3.98. The van der Waals surface area contributed by atoms with Gasteiger partial charge in [-0.15, -0.1) is 0 Å². The number of thiazole rings is 1. The van der Waals surface area contributed by atoms with Crippen LogP contribution in [0.2, 0.25) is 0 Å². The molecule has 3 heterocycles. The Balaban J connectivity index is 1.39. The number of nitrogens with zero attached hydrogens (tertiary/aromatic N) is 4. The first kappa shape index (κ1) is 26.9. The number of aromatic nitrogens is 2. The summed E-state index contributed by atoms with van der Waals surface area (Å²) in [4.78, 5) is 30.7. The minimum absolute atomic E-state index is 0.0456. The first-order chi connectivity index (χ1) is 20.8. The van der Waals surface area contributed by atoms with Crippen LogP contribution in [0.25, 0.3) is 17.5 Å². The van der Waals surface area contributed by atoms with Crippen molar-refractivity contribution in [2.75, 3.05) is 7.11 Å². The molecule has 2 aliphatic rings. The Morgan fingerprint density at radius 3 is 2.49 bits per heavy atom. The van der Waals surface area contributed by atoms with Crippen molar-refractivity contribution < 1.29 is 9.66 Å². The lowest BCUT2D eigenvalue weighted by Gasteiger charge is -2.30. The van der Waals surface area contributed by atoms with Gasteiger partial charge in [0, 0.05) is 34.8 Å². The Morgan fingerprint density at radius 2 is 1.77 bits per heavy atom. The Labute approximate surface area is 251 Å². The van der Waals surface area contributed by atoms with Gasteiger partial charge < -0.3 is 9.30 Å². The lowest BCUT2D eigenvalue weighted by Crippen LogP contribution is -2.38. The monoisotopic (exact) mass is 588 g/mol. The van der Waals surface area contributed by atoms with Gasteiger partial charge in [-0.1, -0.05) is 47.7 Å². The van der Waals surface area contributed by atoms with Crippen molar-refractivity contribution in [3.63, 3.8) is 0 Å². The quantitative estimate of drug-likeness (QED) is 0.196. The first-order valence-corrected chi connectivity index (χ1v) is 14.9. The highest BCUT2D eigenvalue weighted by Crippen LogP contribution is 2.41. The highest BCUT2D eigenvalue weighted by Gasteiger charge is 2.32. The van der Waals surface area contributed by atoms with E-state index in [4.69, 9.17) is 9.73 Å². The zero-order valence-corrected chi connectivity index (χ0v) is 24.7. The van der Waals surface area contributed by atoms with Gasteiger partial charge in [0.2, 0.25) is 0 Å². The molecule has 1 atom stereocenters. The molecular weight excluding hydrogens is 560 g/mol. The number of aryl methyl sites for hydroxylation is 2. The molecule has 0 saturated carbocycles. The topological polar surface area (TPSA) is 91.7 Å². The van der Waals surface area contributed by atoms with Crippen molar-refractivity contribution in [2.45, 2.75) is 32.7 Å². The maximum absolute atomic E-state index is 14.2. The van der Waals surface area contributed by atoms with Crippen LogP contribution < -0.4 is 19.6 Å². The van der Waals surface area contributed by atoms with Crippen molar-refractivity contribution in [1.29, 1.82) is 0 Å². The average molecular weight is 589 g/mol. The van der Waals surface area contributed by atoms with Gasteiger partial charge in [0.1, 0.15) is 5.75 Å². The average Bonchev–Trinajstić information content (AvgIpc) is 3.49. The van der Waals surface area contributed by atoms with E-state index >= 15 is 0 Å². The molecule has 214 valence electrons. The third-order valence-electron chi connectivity index (χ3n) is 8.38. The minimum atomic E-state index is -0.403. The fraction of sp³-hybridized carbons (Fsp3) is 0.176. The van der Waals surface area contributed by atoms with Gasteiger partial charge in [-0.05, 0) is 85.4 Å². The number of methoxy groups -OCH3 is 1. The summed E-state index contributed by atoms with van der Waals surface area (Å²) in [5, 5.41) is 11.1. The van der Waals surface area contributed by atoms with Crippen LogP contribution in [0.3, 0.4) is 0 Å². The van der Waals surface area contributed by atoms with Gasteiger partial charge in [-0.25, -0.2) is 4.99 Å².